The van der Waals surface area contributed by atoms with Crippen molar-refractivity contribution in [2.24, 2.45) is 0 Å². The predicted octanol–water partition coefficient (Wildman–Crippen LogP) is 0.595. The Balaban J connectivity index is 2.93. The van der Waals surface area contributed by atoms with Gasteiger partial charge in [0.1, 0.15) is 11.9 Å². The fraction of sp³-hybridized carbons (Fsp3) is 0.400. The molecule has 0 spiro atoms. The van der Waals surface area contributed by atoms with Crippen molar-refractivity contribution in [3.05, 3.63) is 23.3 Å². The number of hydrogen-bond donors (Lipinski definition) is 2. The first-order chi connectivity index (χ1) is 7.95. The molecule has 0 aliphatic carbocycles. The minimum absolute atomic E-state index is 0.00362. The summed E-state index contributed by atoms with van der Waals surface area (Å²) in [4.78, 5) is 21.4. The first-order valence-electron chi connectivity index (χ1n) is 4.81. The van der Waals surface area contributed by atoms with E-state index >= 15 is 0 Å². The van der Waals surface area contributed by atoms with E-state index < -0.39 is 18.2 Å². The first kappa shape index (κ1) is 12.9. The van der Waals surface area contributed by atoms with Crippen molar-refractivity contribution in [2.75, 3.05) is 5.73 Å². The van der Waals surface area contributed by atoms with Crippen LogP contribution in [0.4, 0.5) is 11.6 Å². The van der Waals surface area contributed by atoms with Crippen LogP contribution in [0, 0.1) is 6.57 Å². The van der Waals surface area contributed by atoms with E-state index in [4.69, 9.17) is 17.0 Å². The van der Waals surface area contributed by atoms with Crippen LogP contribution in [0.2, 0.25) is 0 Å². The summed E-state index contributed by atoms with van der Waals surface area (Å²) in [5.74, 6) is -0.599. The molecule has 1 aromatic rings. The van der Waals surface area contributed by atoms with Crippen LogP contribution in [0.1, 0.15) is 25.6 Å². The largest absolute Gasteiger partial charge is 0.460 e. The van der Waals surface area contributed by atoms with Crippen LogP contribution < -0.4 is 5.73 Å². The van der Waals surface area contributed by atoms with Gasteiger partial charge in [-0.15, -0.1) is 4.98 Å². The predicted molar refractivity (Wildman–Crippen MR) is 58.9 cm³/mol. The Morgan fingerprint density at radius 3 is 2.88 bits per heavy atom. The Morgan fingerprint density at radius 1 is 1.71 bits per heavy atom. The van der Waals surface area contributed by atoms with Crippen LogP contribution in [0.15, 0.2) is 6.20 Å². The van der Waals surface area contributed by atoms with Gasteiger partial charge in [-0.1, -0.05) is 6.57 Å². The van der Waals surface area contributed by atoms with E-state index in [0.29, 0.717) is 0 Å². The van der Waals surface area contributed by atoms with E-state index in [9.17, 15) is 9.90 Å². The maximum Gasteiger partial charge on any atom is 0.312 e. The SMILES string of the molecule is [C-]#[N+]c1nc([C@@H](O)[C@@H](C)OC(C)=O)cnc1N. The van der Waals surface area contributed by atoms with E-state index in [2.05, 4.69) is 14.8 Å². The Bertz CT molecular complexity index is 469. The Hall–Kier alpha value is -2.20. The summed E-state index contributed by atoms with van der Waals surface area (Å²) in [7, 11) is 0. The monoisotopic (exact) mass is 236 g/mol. The molecule has 0 saturated heterocycles. The van der Waals surface area contributed by atoms with E-state index in [-0.39, 0.29) is 17.3 Å². The van der Waals surface area contributed by atoms with Gasteiger partial charge in [0.25, 0.3) is 0 Å². The summed E-state index contributed by atoms with van der Waals surface area (Å²) >= 11 is 0. The van der Waals surface area contributed by atoms with Crippen LogP contribution in [-0.4, -0.2) is 27.1 Å². The van der Waals surface area contributed by atoms with Crippen LogP contribution in [0.5, 0.6) is 0 Å². The molecule has 17 heavy (non-hydrogen) atoms. The van der Waals surface area contributed by atoms with Gasteiger partial charge in [0.2, 0.25) is 0 Å². The van der Waals surface area contributed by atoms with E-state index in [1.165, 1.54) is 20.0 Å². The molecule has 0 unspecified atom stereocenters. The number of nitrogens with zero attached hydrogens (tertiary/aromatic N) is 3. The normalized spacial score (nSPS) is 13.5. The van der Waals surface area contributed by atoms with Gasteiger partial charge >= 0.3 is 11.8 Å². The molecular formula is C10H12N4O3. The molecular weight excluding hydrogens is 224 g/mol. The summed E-state index contributed by atoms with van der Waals surface area (Å²) in [6.07, 6.45) is -0.675. The first-order valence-corrected chi connectivity index (χ1v) is 4.81. The van der Waals surface area contributed by atoms with Crippen LogP contribution in [0.3, 0.4) is 0 Å². The number of aliphatic hydroxyl groups is 1. The maximum atomic E-state index is 10.7. The van der Waals surface area contributed by atoms with Gasteiger partial charge < -0.3 is 20.4 Å². The molecule has 0 aliphatic rings. The zero-order valence-electron chi connectivity index (χ0n) is 9.41. The summed E-state index contributed by atoms with van der Waals surface area (Å²) < 4.78 is 4.80. The number of nitrogen functional groups attached to an aromatic ring is 1. The van der Waals surface area contributed by atoms with Crippen molar-refractivity contribution >= 4 is 17.6 Å². The van der Waals surface area contributed by atoms with Gasteiger partial charge in [0, 0.05) is 6.92 Å². The third-order valence-corrected chi connectivity index (χ3v) is 2.01. The number of aliphatic hydroxyl groups excluding tert-OH is 1. The van der Waals surface area contributed by atoms with Crippen molar-refractivity contribution in [1.29, 1.82) is 0 Å². The molecule has 0 saturated carbocycles. The molecule has 0 aromatic carbocycles. The number of hydrogen-bond acceptors (Lipinski definition) is 6. The molecule has 7 heteroatoms. The Labute approximate surface area is 98.1 Å². The highest BCUT2D eigenvalue weighted by Crippen LogP contribution is 2.22. The van der Waals surface area contributed by atoms with Crippen LogP contribution >= 0.6 is 0 Å². The number of aromatic nitrogens is 2. The molecule has 90 valence electrons. The quantitative estimate of drug-likeness (QED) is 0.588. The van der Waals surface area contributed by atoms with Crippen LogP contribution in [-0.2, 0) is 9.53 Å². The molecule has 0 fully saturated rings. The summed E-state index contributed by atoms with van der Waals surface area (Å²) in [5, 5.41) is 9.83. The fourth-order valence-electron chi connectivity index (χ4n) is 1.19. The highest BCUT2D eigenvalue weighted by Gasteiger charge is 2.24. The number of rotatable bonds is 3. The van der Waals surface area contributed by atoms with Gasteiger partial charge in [-0.3, -0.25) is 4.79 Å². The maximum absolute atomic E-state index is 10.7. The molecule has 1 rings (SSSR count). The minimum Gasteiger partial charge on any atom is -0.460 e. The average Bonchev–Trinajstić information content (AvgIpc) is 2.27. The standard InChI is InChI=1S/C10H12N4O3/c1-5(17-6(2)15)8(16)7-4-13-9(11)10(12-3)14-7/h4-5,8,16H,1-2H3,(H2,11,13)/t5-,8+/m1/s1. The highest BCUT2D eigenvalue weighted by molar-refractivity contribution is 5.66. The molecule has 0 bridgehead atoms. The third-order valence-electron chi connectivity index (χ3n) is 2.01. The molecule has 7 nitrogen and oxygen atoms in total. The van der Waals surface area contributed by atoms with Crippen molar-refractivity contribution in [2.45, 2.75) is 26.1 Å². The molecule has 0 aliphatic heterocycles. The Morgan fingerprint density at radius 2 is 2.35 bits per heavy atom. The minimum atomic E-state index is -1.15. The number of nitrogens with two attached hydrogens (primary N) is 1. The average molecular weight is 236 g/mol. The lowest BCUT2D eigenvalue weighted by atomic mass is 10.1. The van der Waals surface area contributed by atoms with Crippen molar-refractivity contribution in [3.8, 4) is 0 Å². The smallest absolute Gasteiger partial charge is 0.312 e. The fourth-order valence-corrected chi connectivity index (χ4v) is 1.19. The van der Waals surface area contributed by atoms with E-state index in [1.54, 1.807) is 0 Å². The van der Waals surface area contributed by atoms with Crippen LogP contribution in [0.25, 0.3) is 4.85 Å². The van der Waals surface area contributed by atoms with Crippen molar-refractivity contribution in [3.63, 3.8) is 0 Å². The molecule has 1 heterocycles. The number of anilines is 1. The van der Waals surface area contributed by atoms with Crippen molar-refractivity contribution in [1.82, 2.24) is 9.97 Å². The molecule has 3 N–H and O–H groups in total. The van der Waals surface area contributed by atoms with Crippen molar-refractivity contribution < 1.29 is 14.6 Å². The third kappa shape index (κ3) is 3.12. The molecule has 0 radical (unpaired) electrons. The lowest BCUT2D eigenvalue weighted by molar-refractivity contribution is -0.151. The van der Waals surface area contributed by atoms with Gasteiger partial charge in [-0.05, 0) is 6.92 Å². The van der Waals surface area contributed by atoms with E-state index in [0.717, 1.165) is 0 Å². The molecule has 2 atom stereocenters. The summed E-state index contributed by atoms with van der Waals surface area (Å²) in [6.45, 7) is 9.57. The Kier molecular flexibility index (Phi) is 3.96. The summed E-state index contributed by atoms with van der Waals surface area (Å²) in [6, 6.07) is 0. The second-order valence-corrected chi connectivity index (χ2v) is 3.37. The number of carbonyl (C=O) groups is 1. The lowest BCUT2D eigenvalue weighted by Crippen LogP contribution is -2.22. The molecule has 1 aromatic heterocycles. The molecule has 0 amide bonds. The number of carbonyl (C=O) groups excluding carboxylic acids is 1. The second kappa shape index (κ2) is 5.23. The zero-order valence-corrected chi connectivity index (χ0v) is 9.41. The van der Waals surface area contributed by atoms with Gasteiger partial charge in [-0.25, -0.2) is 4.98 Å². The van der Waals surface area contributed by atoms with E-state index in [1.807, 2.05) is 0 Å². The number of esters is 1. The lowest BCUT2D eigenvalue weighted by Gasteiger charge is -2.16. The highest BCUT2D eigenvalue weighted by atomic mass is 16.6. The topological polar surface area (TPSA) is 103 Å². The zero-order chi connectivity index (χ0) is 13.0. The second-order valence-electron chi connectivity index (χ2n) is 3.37. The van der Waals surface area contributed by atoms with Gasteiger partial charge in [-0.2, -0.15) is 0 Å². The summed E-state index contributed by atoms with van der Waals surface area (Å²) in [5.41, 5.74) is 5.54. The number of ether oxygens (including phenoxy) is 1. The van der Waals surface area contributed by atoms with Gasteiger partial charge in [0.05, 0.1) is 6.20 Å². The van der Waals surface area contributed by atoms with Gasteiger partial charge in [0.15, 0.2) is 11.8 Å².